The van der Waals surface area contributed by atoms with Gasteiger partial charge in [-0.05, 0) is 43.9 Å². The van der Waals surface area contributed by atoms with E-state index in [4.69, 9.17) is 9.47 Å². The first-order valence-electron chi connectivity index (χ1n) is 11.5. The van der Waals surface area contributed by atoms with Gasteiger partial charge in [0.1, 0.15) is 18.5 Å². The lowest BCUT2D eigenvalue weighted by atomic mass is 9.94. The summed E-state index contributed by atoms with van der Waals surface area (Å²) in [6, 6.07) is 5.10. The third-order valence-electron chi connectivity index (χ3n) is 6.91. The van der Waals surface area contributed by atoms with Crippen molar-refractivity contribution in [2.24, 2.45) is 5.92 Å². The topological polar surface area (TPSA) is 88.2 Å². The monoisotopic (exact) mass is 443 g/mol. The predicted molar refractivity (Wildman–Crippen MR) is 120 cm³/mol. The number of fused-ring (bicyclic) bond motifs is 2. The number of hydrogen-bond donors (Lipinski definition) is 1. The Morgan fingerprint density at radius 2 is 1.91 bits per heavy atom. The minimum Gasteiger partial charge on any atom is -0.490 e. The first-order valence-corrected chi connectivity index (χ1v) is 11.5. The minimum atomic E-state index is -0.299. The molecule has 2 heterocycles. The summed E-state index contributed by atoms with van der Waals surface area (Å²) < 4.78 is 12.2. The molecule has 0 spiro atoms. The lowest BCUT2D eigenvalue weighted by Gasteiger charge is -2.42. The van der Waals surface area contributed by atoms with Gasteiger partial charge in [0.25, 0.3) is 5.91 Å². The molecule has 2 fully saturated rings. The van der Waals surface area contributed by atoms with Gasteiger partial charge >= 0.3 is 0 Å². The summed E-state index contributed by atoms with van der Waals surface area (Å²) in [7, 11) is 5.26. The van der Waals surface area contributed by atoms with E-state index in [0.29, 0.717) is 36.4 Å². The van der Waals surface area contributed by atoms with Crippen LogP contribution < -0.4 is 10.1 Å². The van der Waals surface area contributed by atoms with Crippen molar-refractivity contribution in [3.63, 3.8) is 0 Å². The molecule has 0 unspecified atom stereocenters. The molecule has 8 nitrogen and oxygen atoms in total. The molecule has 4 rings (SSSR count). The van der Waals surface area contributed by atoms with Crippen molar-refractivity contribution >= 4 is 23.4 Å². The van der Waals surface area contributed by atoms with Gasteiger partial charge in [0.15, 0.2) is 0 Å². The molecular weight excluding hydrogens is 410 g/mol. The standard InChI is InChI=1S/C24H33N3O5/c1-26(2)22(28)13-17-9-10-19-21(32-17)14-31-20-11-8-16(12-18(20)24(30)27(19)3)25-23(29)15-6-4-5-7-15/h8,11-12,15,17,19,21H,4-7,9-10,13-14H2,1-3H3,(H,25,29)/t17-,19+,21+/m0/s1. The Morgan fingerprint density at radius 3 is 2.62 bits per heavy atom. The lowest BCUT2D eigenvalue weighted by molar-refractivity contribution is -0.140. The second kappa shape index (κ2) is 9.48. The number of likely N-dealkylation sites (N-methyl/N-ethyl adjacent to an activating group) is 1. The van der Waals surface area contributed by atoms with E-state index in [-0.39, 0.29) is 41.9 Å². The van der Waals surface area contributed by atoms with Gasteiger partial charge in [0, 0.05) is 32.7 Å². The van der Waals surface area contributed by atoms with Crippen LogP contribution in [0.3, 0.4) is 0 Å². The molecule has 3 aliphatic rings. The number of hydrogen-bond acceptors (Lipinski definition) is 5. The molecule has 1 N–H and O–H groups in total. The van der Waals surface area contributed by atoms with Gasteiger partial charge in [-0.3, -0.25) is 14.4 Å². The maximum atomic E-state index is 13.3. The molecule has 3 amide bonds. The molecule has 3 atom stereocenters. The first kappa shape index (κ1) is 22.6. The van der Waals surface area contributed by atoms with E-state index in [1.165, 1.54) is 0 Å². The Hall–Kier alpha value is -2.61. The number of nitrogens with one attached hydrogen (secondary N) is 1. The van der Waals surface area contributed by atoms with Crippen molar-refractivity contribution in [2.45, 2.75) is 63.2 Å². The normalized spacial score (nSPS) is 25.8. The zero-order valence-corrected chi connectivity index (χ0v) is 19.1. The van der Waals surface area contributed by atoms with Crippen molar-refractivity contribution in [1.29, 1.82) is 0 Å². The lowest BCUT2D eigenvalue weighted by Crippen LogP contribution is -2.53. The molecule has 1 aliphatic carbocycles. The van der Waals surface area contributed by atoms with Gasteiger partial charge in [-0.1, -0.05) is 12.8 Å². The maximum Gasteiger partial charge on any atom is 0.257 e. The van der Waals surface area contributed by atoms with Crippen LogP contribution in [0.1, 0.15) is 55.3 Å². The summed E-state index contributed by atoms with van der Waals surface area (Å²) in [6.45, 7) is 0.301. The van der Waals surface area contributed by atoms with Gasteiger partial charge < -0.3 is 24.6 Å². The van der Waals surface area contributed by atoms with Crippen LogP contribution in [0, 0.1) is 5.92 Å². The molecule has 0 aromatic heterocycles. The Balaban J connectivity index is 1.48. The number of ether oxygens (including phenoxy) is 2. The summed E-state index contributed by atoms with van der Waals surface area (Å²) in [5, 5.41) is 2.97. The van der Waals surface area contributed by atoms with Crippen molar-refractivity contribution < 1.29 is 23.9 Å². The van der Waals surface area contributed by atoms with Crippen LogP contribution in [0.2, 0.25) is 0 Å². The van der Waals surface area contributed by atoms with E-state index in [0.717, 1.165) is 32.1 Å². The van der Waals surface area contributed by atoms with Crippen LogP contribution in [0.25, 0.3) is 0 Å². The van der Waals surface area contributed by atoms with E-state index in [9.17, 15) is 14.4 Å². The van der Waals surface area contributed by atoms with Crippen molar-refractivity contribution in [2.75, 3.05) is 33.1 Å². The number of carbonyl (C=O) groups is 3. The number of anilines is 1. The fourth-order valence-corrected chi connectivity index (χ4v) is 4.91. The Morgan fingerprint density at radius 1 is 1.16 bits per heavy atom. The van der Waals surface area contributed by atoms with Crippen LogP contribution in [-0.4, -0.2) is 73.5 Å². The molecule has 8 heteroatoms. The summed E-state index contributed by atoms with van der Waals surface area (Å²) in [4.78, 5) is 41.2. The van der Waals surface area contributed by atoms with Crippen LogP contribution >= 0.6 is 0 Å². The quantitative estimate of drug-likeness (QED) is 0.773. The van der Waals surface area contributed by atoms with E-state index < -0.39 is 0 Å². The van der Waals surface area contributed by atoms with Crippen LogP contribution in [0.4, 0.5) is 5.69 Å². The van der Waals surface area contributed by atoms with Crippen LogP contribution in [0.15, 0.2) is 18.2 Å². The summed E-state index contributed by atoms with van der Waals surface area (Å²) in [5.41, 5.74) is 1.06. The molecular formula is C24H33N3O5. The van der Waals surface area contributed by atoms with Gasteiger partial charge in [0.2, 0.25) is 11.8 Å². The number of carbonyl (C=O) groups excluding carboxylic acids is 3. The average Bonchev–Trinajstić information content (AvgIpc) is 3.32. The third-order valence-corrected chi connectivity index (χ3v) is 6.91. The molecule has 174 valence electrons. The zero-order valence-electron chi connectivity index (χ0n) is 19.1. The van der Waals surface area contributed by atoms with Gasteiger partial charge in [-0.2, -0.15) is 0 Å². The first-order chi connectivity index (χ1) is 15.3. The Bertz CT molecular complexity index is 880. The minimum absolute atomic E-state index is 0.0223. The second-order valence-electron chi connectivity index (χ2n) is 9.34. The predicted octanol–water partition coefficient (Wildman–Crippen LogP) is 2.67. The Kier molecular flexibility index (Phi) is 6.69. The second-order valence-corrected chi connectivity index (χ2v) is 9.34. The molecule has 1 saturated heterocycles. The highest BCUT2D eigenvalue weighted by molar-refractivity contribution is 6.00. The molecule has 0 radical (unpaired) electrons. The number of rotatable bonds is 4. The van der Waals surface area contributed by atoms with Gasteiger partial charge in [-0.15, -0.1) is 0 Å². The molecule has 32 heavy (non-hydrogen) atoms. The van der Waals surface area contributed by atoms with Crippen LogP contribution in [-0.2, 0) is 14.3 Å². The number of amides is 3. The summed E-state index contributed by atoms with van der Waals surface area (Å²) in [6.07, 6.45) is 5.34. The summed E-state index contributed by atoms with van der Waals surface area (Å²) >= 11 is 0. The summed E-state index contributed by atoms with van der Waals surface area (Å²) in [5.74, 6) is 0.433. The van der Waals surface area contributed by atoms with E-state index in [1.54, 1.807) is 49.1 Å². The number of benzene rings is 1. The maximum absolute atomic E-state index is 13.3. The van der Waals surface area contributed by atoms with E-state index >= 15 is 0 Å². The molecule has 2 aliphatic heterocycles. The van der Waals surface area contributed by atoms with Crippen molar-refractivity contribution in [3.05, 3.63) is 23.8 Å². The number of nitrogens with zero attached hydrogens (tertiary/aromatic N) is 2. The third kappa shape index (κ3) is 4.75. The van der Waals surface area contributed by atoms with Gasteiger partial charge in [-0.25, -0.2) is 0 Å². The molecule has 0 bridgehead atoms. The fourth-order valence-electron chi connectivity index (χ4n) is 4.91. The average molecular weight is 444 g/mol. The highest BCUT2D eigenvalue weighted by atomic mass is 16.5. The smallest absolute Gasteiger partial charge is 0.257 e. The fraction of sp³-hybridized carbons (Fsp3) is 0.625. The van der Waals surface area contributed by atoms with E-state index in [2.05, 4.69) is 5.32 Å². The highest BCUT2D eigenvalue weighted by Crippen LogP contribution is 2.33. The highest BCUT2D eigenvalue weighted by Gasteiger charge is 2.39. The van der Waals surface area contributed by atoms with Gasteiger partial charge in [0.05, 0.1) is 24.1 Å². The largest absolute Gasteiger partial charge is 0.490 e. The zero-order chi connectivity index (χ0) is 22.8. The van der Waals surface area contributed by atoms with Crippen LogP contribution in [0.5, 0.6) is 5.75 Å². The van der Waals surface area contributed by atoms with Crippen molar-refractivity contribution in [3.8, 4) is 5.75 Å². The Labute approximate surface area is 189 Å². The molecule has 1 saturated carbocycles. The molecule has 1 aromatic rings. The van der Waals surface area contributed by atoms with E-state index in [1.807, 2.05) is 0 Å². The molecule has 1 aromatic carbocycles. The SMILES string of the molecule is CN(C)C(=O)C[C@@H]1CC[C@@H]2[C@@H](COc3ccc(NC(=O)C4CCCC4)cc3C(=O)N2C)O1. The van der Waals surface area contributed by atoms with Crippen molar-refractivity contribution in [1.82, 2.24) is 9.80 Å².